The molecule has 7 heteroatoms. The lowest BCUT2D eigenvalue weighted by atomic mass is 10.2. The zero-order valence-corrected chi connectivity index (χ0v) is 12.0. The Morgan fingerprint density at radius 3 is 2.57 bits per heavy atom. The van der Waals surface area contributed by atoms with Crippen LogP contribution in [0.3, 0.4) is 0 Å². The summed E-state index contributed by atoms with van der Waals surface area (Å²) in [4.78, 5) is 15.5. The SMILES string of the molecule is NNc1cccc(N2CCN(CC3CC3)CC2)c1[N+](=O)[O-]. The number of nitro benzene ring substituents is 1. The summed E-state index contributed by atoms with van der Waals surface area (Å²) in [5.74, 6) is 6.27. The maximum Gasteiger partial charge on any atom is 0.316 e. The lowest BCUT2D eigenvalue weighted by Crippen LogP contribution is -2.47. The molecule has 3 N–H and O–H groups in total. The molecule has 0 aromatic heterocycles. The zero-order valence-electron chi connectivity index (χ0n) is 12.0. The number of nitrogens with two attached hydrogens (primary N) is 1. The van der Waals surface area contributed by atoms with Crippen LogP contribution in [0, 0.1) is 16.0 Å². The molecule has 1 aromatic rings. The number of rotatable bonds is 5. The molecule has 1 saturated carbocycles. The molecule has 1 heterocycles. The Morgan fingerprint density at radius 2 is 2.00 bits per heavy atom. The van der Waals surface area contributed by atoms with Crippen molar-refractivity contribution in [1.82, 2.24) is 4.90 Å². The maximum atomic E-state index is 11.3. The highest BCUT2D eigenvalue weighted by Gasteiger charge is 2.29. The normalized spacial score (nSPS) is 19.6. The highest BCUT2D eigenvalue weighted by Crippen LogP contribution is 2.36. The van der Waals surface area contributed by atoms with Gasteiger partial charge in [0.1, 0.15) is 11.4 Å². The van der Waals surface area contributed by atoms with Gasteiger partial charge in [0, 0.05) is 32.7 Å². The fourth-order valence-electron chi connectivity index (χ4n) is 2.93. The summed E-state index contributed by atoms with van der Waals surface area (Å²) in [5, 5.41) is 11.3. The molecule has 0 radical (unpaired) electrons. The van der Waals surface area contributed by atoms with Crippen LogP contribution in [0.15, 0.2) is 18.2 Å². The monoisotopic (exact) mass is 291 g/mol. The van der Waals surface area contributed by atoms with Crippen molar-refractivity contribution in [2.75, 3.05) is 43.0 Å². The van der Waals surface area contributed by atoms with Gasteiger partial charge in [0.2, 0.25) is 0 Å². The average Bonchev–Trinajstić information content (AvgIpc) is 3.31. The molecule has 0 atom stereocenters. The molecule has 1 aromatic carbocycles. The highest BCUT2D eigenvalue weighted by atomic mass is 16.6. The molecule has 0 unspecified atom stereocenters. The first-order chi connectivity index (χ1) is 10.2. The number of nitrogens with zero attached hydrogens (tertiary/aromatic N) is 3. The molecule has 1 aliphatic carbocycles. The number of hydrogen-bond acceptors (Lipinski definition) is 6. The van der Waals surface area contributed by atoms with Crippen molar-refractivity contribution in [1.29, 1.82) is 0 Å². The van der Waals surface area contributed by atoms with Crippen LogP contribution in [0.25, 0.3) is 0 Å². The van der Waals surface area contributed by atoms with Gasteiger partial charge in [-0.1, -0.05) is 6.07 Å². The van der Waals surface area contributed by atoms with Crippen molar-refractivity contribution in [2.24, 2.45) is 11.8 Å². The number of hydrogen-bond donors (Lipinski definition) is 2. The van der Waals surface area contributed by atoms with Gasteiger partial charge in [-0.15, -0.1) is 0 Å². The minimum atomic E-state index is -0.360. The Labute approximate surface area is 123 Å². The average molecular weight is 291 g/mol. The van der Waals surface area contributed by atoms with Crippen LogP contribution >= 0.6 is 0 Å². The van der Waals surface area contributed by atoms with Crippen LogP contribution in [0.1, 0.15) is 12.8 Å². The van der Waals surface area contributed by atoms with Crippen LogP contribution in [0.4, 0.5) is 17.1 Å². The number of nitro groups is 1. The molecule has 2 aliphatic rings. The van der Waals surface area contributed by atoms with Crippen LogP contribution in [-0.4, -0.2) is 42.5 Å². The number of anilines is 2. The second kappa shape index (κ2) is 5.87. The first-order valence-electron chi connectivity index (χ1n) is 7.40. The van der Waals surface area contributed by atoms with Crippen LogP contribution in [0.5, 0.6) is 0 Å². The van der Waals surface area contributed by atoms with E-state index in [-0.39, 0.29) is 10.6 Å². The van der Waals surface area contributed by atoms with E-state index < -0.39 is 0 Å². The summed E-state index contributed by atoms with van der Waals surface area (Å²) < 4.78 is 0. The van der Waals surface area contributed by atoms with E-state index in [1.165, 1.54) is 19.4 Å². The predicted octanol–water partition coefficient (Wildman–Crippen LogP) is 1.41. The molecule has 0 spiro atoms. The molecule has 3 rings (SSSR count). The van der Waals surface area contributed by atoms with Gasteiger partial charge in [0.25, 0.3) is 0 Å². The van der Waals surface area contributed by atoms with Gasteiger partial charge >= 0.3 is 5.69 Å². The molecule has 2 fully saturated rings. The third-order valence-corrected chi connectivity index (χ3v) is 4.28. The highest BCUT2D eigenvalue weighted by molar-refractivity contribution is 5.76. The number of para-hydroxylation sites is 1. The standard InChI is InChI=1S/C14H21N5O2/c15-16-12-2-1-3-13(14(12)19(20)21)18-8-6-17(7-9-18)10-11-4-5-11/h1-3,11,16H,4-10,15H2. The Balaban J connectivity index is 1.73. The summed E-state index contributed by atoms with van der Waals surface area (Å²) in [7, 11) is 0. The van der Waals surface area contributed by atoms with E-state index in [1.54, 1.807) is 18.2 Å². The number of hydrazine groups is 1. The molecular formula is C14H21N5O2. The van der Waals surface area contributed by atoms with Crippen molar-refractivity contribution in [3.05, 3.63) is 28.3 Å². The third kappa shape index (κ3) is 3.08. The van der Waals surface area contributed by atoms with Crippen LogP contribution in [0.2, 0.25) is 0 Å². The van der Waals surface area contributed by atoms with Gasteiger partial charge in [0.05, 0.1) is 4.92 Å². The fraction of sp³-hybridized carbons (Fsp3) is 0.571. The summed E-state index contributed by atoms with van der Waals surface area (Å²) in [6.45, 7) is 4.76. The minimum absolute atomic E-state index is 0.0654. The molecule has 114 valence electrons. The molecule has 0 amide bonds. The van der Waals surface area contributed by atoms with Gasteiger partial charge in [-0.2, -0.15) is 0 Å². The van der Waals surface area contributed by atoms with E-state index in [2.05, 4.69) is 15.2 Å². The van der Waals surface area contributed by atoms with Gasteiger partial charge in [-0.25, -0.2) is 0 Å². The Kier molecular flexibility index (Phi) is 3.94. The third-order valence-electron chi connectivity index (χ3n) is 4.28. The lowest BCUT2D eigenvalue weighted by Gasteiger charge is -2.36. The smallest absolute Gasteiger partial charge is 0.316 e. The van der Waals surface area contributed by atoms with E-state index in [4.69, 9.17) is 5.84 Å². The van der Waals surface area contributed by atoms with Gasteiger partial charge < -0.3 is 10.3 Å². The Morgan fingerprint density at radius 1 is 1.29 bits per heavy atom. The second-order valence-corrected chi connectivity index (χ2v) is 5.81. The Hall–Kier alpha value is -1.86. The van der Waals surface area contributed by atoms with Crippen molar-refractivity contribution < 1.29 is 4.92 Å². The topological polar surface area (TPSA) is 87.7 Å². The zero-order chi connectivity index (χ0) is 14.8. The van der Waals surface area contributed by atoms with Gasteiger partial charge in [-0.05, 0) is 30.9 Å². The van der Waals surface area contributed by atoms with E-state index in [0.717, 1.165) is 32.1 Å². The quantitative estimate of drug-likeness (QED) is 0.484. The lowest BCUT2D eigenvalue weighted by molar-refractivity contribution is -0.383. The maximum absolute atomic E-state index is 11.3. The minimum Gasteiger partial charge on any atom is -0.363 e. The molecule has 7 nitrogen and oxygen atoms in total. The van der Waals surface area contributed by atoms with Crippen molar-refractivity contribution in [2.45, 2.75) is 12.8 Å². The summed E-state index contributed by atoms with van der Waals surface area (Å²) in [5.41, 5.74) is 3.50. The predicted molar refractivity (Wildman–Crippen MR) is 82.3 cm³/mol. The second-order valence-electron chi connectivity index (χ2n) is 5.81. The summed E-state index contributed by atoms with van der Waals surface area (Å²) in [6.07, 6.45) is 2.71. The van der Waals surface area contributed by atoms with E-state index in [9.17, 15) is 10.1 Å². The van der Waals surface area contributed by atoms with Crippen molar-refractivity contribution >= 4 is 17.1 Å². The van der Waals surface area contributed by atoms with Gasteiger partial charge in [-0.3, -0.25) is 20.9 Å². The van der Waals surface area contributed by atoms with Crippen LogP contribution < -0.4 is 16.2 Å². The molecule has 1 aliphatic heterocycles. The Bertz CT molecular complexity index is 524. The number of piperazine rings is 1. The summed E-state index contributed by atoms with van der Waals surface area (Å²) >= 11 is 0. The van der Waals surface area contributed by atoms with Crippen molar-refractivity contribution in [3.63, 3.8) is 0 Å². The number of benzene rings is 1. The van der Waals surface area contributed by atoms with E-state index in [1.807, 2.05) is 0 Å². The summed E-state index contributed by atoms with van der Waals surface area (Å²) in [6, 6.07) is 5.23. The fourth-order valence-corrected chi connectivity index (χ4v) is 2.93. The van der Waals surface area contributed by atoms with E-state index >= 15 is 0 Å². The molecular weight excluding hydrogens is 270 g/mol. The first kappa shape index (κ1) is 14.1. The number of nitrogens with one attached hydrogen (secondary N) is 1. The van der Waals surface area contributed by atoms with Gasteiger partial charge in [0.15, 0.2) is 0 Å². The number of nitrogen functional groups attached to an aromatic ring is 1. The van der Waals surface area contributed by atoms with E-state index in [0.29, 0.717) is 11.4 Å². The molecule has 0 bridgehead atoms. The largest absolute Gasteiger partial charge is 0.363 e. The van der Waals surface area contributed by atoms with Crippen LogP contribution in [-0.2, 0) is 0 Å². The van der Waals surface area contributed by atoms with Crippen molar-refractivity contribution in [3.8, 4) is 0 Å². The molecule has 1 saturated heterocycles. The first-order valence-corrected chi connectivity index (χ1v) is 7.40. The molecule has 21 heavy (non-hydrogen) atoms.